The molecule has 0 saturated carbocycles. The lowest BCUT2D eigenvalue weighted by Crippen LogP contribution is -2.61. The van der Waals surface area contributed by atoms with Crippen molar-refractivity contribution in [1.82, 2.24) is 36.8 Å². The molecule has 0 spiro atoms. The Bertz CT molecular complexity index is 2120. The van der Waals surface area contributed by atoms with Gasteiger partial charge in [0.15, 0.2) is 0 Å². The molecule has 0 aliphatic carbocycles. The van der Waals surface area contributed by atoms with E-state index >= 15 is 0 Å². The number of benzene rings is 3. The molecule has 7 amide bonds. The van der Waals surface area contributed by atoms with Gasteiger partial charge >= 0.3 is 12.0 Å². The first-order valence-electron chi connectivity index (χ1n) is 22.5. The van der Waals surface area contributed by atoms with Crippen LogP contribution >= 0.6 is 0 Å². The summed E-state index contributed by atoms with van der Waals surface area (Å²) in [4.78, 5) is 98.2. The van der Waals surface area contributed by atoms with Crippen molar-refractivity contribution in [3.05, 3.63) is 89.5 Å². The van der Waals surface area contributed by atoms with Gasteiger partial charge in [-0.3, -0.25) is 24.0 Å². The molecule has 18 nitrogen and oxygen atoms in total. The number of hydrogen-bond acceptors (Lipinski definition) is 10. The number of nitrogens with one attached hydrogen (secondary N) is 6. The zero-order valence-corrected chi connectivity index (χ0v) is 38.2. The van der Waals surface area contributed by atoms with Crippen molar-refractivity contribution in [2.45, 2.75) is 122 Å². The third-order valence-electron chi connectivity index (χ3n) is 11.9. The van der Waals surface area contributed by atoms with E-state index in [1.165, 1.54) is 60.5 Å². The van der Waals surface area contributed by atoms with Crippen LogP contribution in [0.3, 0.4) is 0 Å². The highest BCUT2D eigenvalue weighted by molar-refractivity contribution is 5.96. The van der Waals surface area contributed by atoms with Crippen LogP contribution in [0.2, 0.25) is 0 Å². The summed E-state index contributed by atoms with van der Waals surface area (Å²) >= 11 is 0. The summed E-state index contributed by atoms with van der Waals surface area (Å²) in [7, 11) is 1.45. The van der Waals surface area contributed by atoms with E-state index in [-0.39, 0.29) is 68.2 Å². The Morgan fingerprint density at radius 2 is 1.23 bits per heavy atom. The standard InChI is InChI=1S/C48H65N7O11/c1-6-29(4)41-44(61)49-26-8-7-9-36(51-48(66)52-38(47(64)65)27-32-14-22-35(58)23-15-32)42(59)53-40(28(2)3)45(62)50-37(24-16-30-10-18-33(56)19-11-30)46(63)55(5)39(43(60)54-41)25-17-31-12-20-34(57)21-13-31/h10-15,18-23,28-29,36-41,56-58H,6-9,16-17,24-27H2,1-5H3,(H,49,61)(H,50,62)(H,53,59)(H,54,60)(H,64,65)(H2,51,52,66)/t29-,36+,37-,38-,39-,40-,41?/m0/s1. The van der Waals surface area contributed by atoms with Crippen LogP contribution in [0.4, 0.5) is 4.79 Å². The quantitative estimate of drug-likeness (QED) is 0.112. The summed E-state index contributed by atoms with van der Waals surface area (Å²) in [5, 5.41) is 55.6. The van der Waals surface area contributed by atoms with Crippen LogP contribution in [-0.4, -0.2) is 117 Å². The van der Waals surface area contributed by atoms with Gasteiger partial charge in [0, 0.05) is 20.0 Å². The molecule has 1 fully saturated rings. The lowest BCUT2D eigenvalue weighted by molar-refractivity contribution is -0.143. The van der Waals surface area contributed by atoms with Gasteiger partial charge in [-0.2, -0.15) is 0 Å². The predicted molar refractivity (Wildman–Crippen MR) is 245 cm³/mol. The number of carbonyl (C=O) groups excluding carboxylic acids is 6. The smallest absolute Gasteiger partial charge is 0.326 e. The summed E-state index contributed by atoms with van der Waals surface area (Å²) < 4.78 is 0. The van der Waals surface area contributed by atoms with E-state index in [0.717, 1.165) is 11.1 Å². The second-order valence-corrected chi connectivity index (χ2v) is 17.3. The Balaban J connectivity index is 1.69. The number of nitrogens with zero attached hydrogens (tertiary/aromatic N) is 1. The molecule has 3 aromatic rings. The number of hydrogen-bond donors (Lipinski definition) is 10. The minimum atomic E-state index is -1.41. The molecule has 1 saturated heterocycles. The van der Waals surface area contributed by atoms with Crippen molar-refractivity contribution in [2.75, 3.05) is 13.6 Å². The normalized spacial score (nSPS) is 21.5. The average molecular weight is 916 g/mol. The number of phenols is 3. The molecule has 3 aromatic carbocycles. The molecule has 0 bridgehead atoms. The zero-order valence-electron chi connectivity index (χ0n) is 38.2. The third-order valence-corrected chi connectivity index (χ3v) is 11.9. The zero-order chi connectivity index (χ0) is 48.5. The maximum atomic E-state index is 14.7. The van der Waals surface area contributed by atoms with Crippen molar-refractivity contribution in [3.8, 4) is 17.2 Å². The van der Waals surface area contributed by atoms with Gasteiger partial charge in [-0.1, -0.05) is 70.5 Å². The SMILES string of the molecule is CC[C@H](C)C1NC(=O)[C@H](CCc2ccc(O)cc2)N(C)C(=O)[C@H](CCc2ccc(O)cc2)NC(=O)[C@H](C(C)C)NC(=O)[C@H](NC(=O)N[C@@H](Cc2ccc(O)cc2)C(=O)O)CCCCNC1=O. The van der Waals surface area contributed by atoms with Gasteiger partial charge in [-0.05, 0) is 110 Å². The van der Waals surface area contributed by atoms with Crippen LogP contribution in [-0.2, 0) is 48.0 Å². The molecule has 66 heavy (non-hydrogen) atoms. The number of urea groups is 1. The van der Waals surface area contributed by atoms with Crippen LogP contribution in [0.5, 0.6) is 17.2 Å². The Hall–Kier alpha value is -6.85. The molecular formula is C48H65N7O11. The number of amides is 7. The number of carbonyl (C=O) groups is 7. The lowest BCUT2D eigenvalue weighted by Gasteiger charge is -2.33. The molecule has 0 radical (unpaired) electrons. The Morgan fingerprint density at radius 1 is 0.697 bits per heavy atom. The number of carboxylic acids is 1. The maximum absolute atomic E-state index is 14.7. The molecule has 7 atom stereocenters. The number of aromatic hydroxyl groups is 3. The monoisotopic (exact) mass is 915 g/mol. The van der Waals surface area contributed by atoms with E-state index in [1.54, 1.807) is 38.1 Å². The van der Waals surface area contributed by atoms with Crippen molar-refractivity contribution < 1.29 is 54.0 Å². The summed E-state index contributed by atoms with van der Waals surface area (Å²) in [6.07, 6.45) is 1.76. The minimum absolute atomic E-state index is 0.0179. The highest BCUT2D eigenvalue weighted by Crippen LogP contribution is 2.19. The molecule has 0 aromatic heterocycles. The first-order chi connectivity index (χ1) is 31.4. The third kappa shape index (κ3) is 15.7. The fourth-order valence-electron chi connectivity index (χ4n) is 7.59. The average Bonchev–Trinajstić information content (AvgIpc) is 3.28. The van der Waals surface area contributed by atoms with Gasteiger partial charge in [0.1, 0.15) is 53.5 Å². The van der Waals surface area contributed by atoms with E-state index < -0.39 is 83.7 Å². The van der Waals surface area contributed by atoms with E-state index in [1.807, 2.05) is 13.8 Å². The van der Waals surface area contributed by atoms with Crippen molar-refractivity contribution in [2.24, 2.45) is 11.8 Å². The molecule has 1 heterocycles. The first-order valence-corrected chi connectivity index (χ1v) is 22.5. The second-order valence-electron chi connectivity index (χ2n) is 17.3. The highest BCUT2D eigenvalue weighted by atomic mass is 16.4. The van der Waals surface area contributed by atoms with Crippen molar-refractivity contribution in [3.63, 3.8) is 0 Å². The summed E-state index contributed by atoms with van der Waals surface area (Å²) in [6, 6.07) is 10.3. The Kier molecular flexibility index (Phi) is 19.6. The van der Waals surface area contributed by atoms with Gasteiger partial charge in [-0.25, -0.2) is 9.59 Å². The number of phenolic OH excluding ortho intramolecular Hbond substituents is 3. The van der Waals surface area contributed by atoms with E-state index in [0.29, 0.717) is 24.8 Å². The van der Waals surface area contributed by atoms with Gasteiger partial charge < -0.3 is 57.2 Å². The van der Waals surface area contributed by atoms with Crippen LogP contribution in [0, 0.1) is 11.8 Å². The van der Waals surface area contributed by atoms with Crippen LogP contribution < -0.4 is 31.9 Å². The van der Waals surface area contributed by atoms with Gasteiger partial charge in [0.25, 0.3) is 0 Å². The molecular weight excluding hydrogens is 851 g/mol. The van der Waals surface area contributed by atoms with Crippen LogP contribution in [0.1, 0.15) is 82.9 Å². The predicted octanol–water partition coefficient (Wildman–Crippen LogP) is 3.02. The second kappa shape index (κ2) is 25.0. The topological polar surface area (TPSA) is 276 Å². The maximum Gasteiger partial charge on any atom is 0.326 e. The van der Waals surface area contributed by atoms with E-state index in [9.17, 15) is 54.0 Å². The molecule has 1 aliphatic rings. The number of likely N-dealkylation sites (N-methyl/N-ethyl adjacent to an activating group) is 1. The van der Waals surface area contributed by atoms with Crippen molar-refractivity contribution in [1.29, 1.82) is 0 Å². The largest absolute Gasteiger partial charge is 0.508 e. The van der Waals surface area contributed by atoms with Gasteiger partial charge in [0.2, 0.25) is 29.5 Å². The molecule has 10 N–H and O–H groups in total. The van der Waals surface area contributed by atoms with Crippen LogP contribution in [0.15, 0.2) is 72.8 Å². The number of carboxylic acid groups (broad SMARTS) is 1. The summed E-state index contributed by atoms with van der Waals surface area (Å²) in [6.45, 7) is 7.21. The van der Waals surface area contributed by atoms with E-state index in [2.05, 4.69) is 31.9 Å². The molecule has 18 heteroatoms. The number of rotatable bonds is 14. The minimum Gasteiger partial charge on any atom is -0.508 e. The van der Waals surface area contributed by atoms with Gasteiger partial charge in [0.05, 0.1) is 0 Å². The highest BCUT2D eigenvalue weighted by Gasteiger charge is 2.37. The summed E-state index contributed by atoms with van der Waals surface area (Å²) in [5.74, 6) is -5.26. The Morgan fingerprint density at radius 3 is 1.76 bits per heavy atom. The molecule has 358 valence electrons. The Labute approximate surface area is 385 Å². The molecule has 1 unspecified atom stereocenters. The summed E-state index contributed by atoms with van der Waals surface area (Å²) in [5.41, 5.74) is 2.04. The fourth-order valence-corrected chi connectivity index (χ4v) is 7.59. The number of aryl methyl sites for hydroxylation is 2. The van der Waals surface area contributed by atoms with Crippen molar-refractivity contribution >= 4 is 41.5 Å². The molecule has 1 aliphatic heterocycles. The molecule has 4 rings (SSSR count). The number of aliphatic carboxylic acids is 1. The fraction of sp³-hybridized carbons (Fsp3) is 0.479. The van der Waals surface area contributed by atoms with E-state index in [4.69, 9.17) is 0 Å². The van der Waals surface area contributed by atoms with Crippen LogP contribution in [0.25, 0.3) is 0 Å². The van der Waals surface area contributed by atoms with Gasteiger partial charge in [-0.15, -0.1) is 0 Å². The first kappa shape index (κ1) is 51.8. The lowest BCUT2D eigenvalue weighted by atomic mass is 9.96.